The molecule has 0 saturated carbocycles. The summed E-state index contributed by atoms with van der Waals surface area (Å²) in [4.78, 5) is 47.1. The van der Waals surface area contributed by atoms with Gasteiger partial charge in [0.2, 0.25) is 5.91 Å². The van der Waals surface area contributed by atoms with Crippen LogP contribution in [0.2, 0.25) is 0 Å². The van der Waals surface area contributed by atoms with Crippen molar-refractivity contribution in [3.63, 3.8) is 0 Å². The lowest BCUT2D eigenvalue weighted by Gasteiger charge is -2.34. The van der Waals surface area contributed by atoms with Crippen molar-refractivity contribution in [2.45, 2.75) is 27.2 Å². The van der Waals surface area contributed by atoms with Crippen LogP contribution in [0.1, 0.15) is 32.3 Å². The highest BCUT2D eigenvalue weighted by Crippen LogP contribution is 2.28. The van der Waals surface area contributed by atoms with Crippen LogP contribution in [0.3, 0.4) is 0 Å². The average molecular weight is 430 g/mol. The molecule has 1 aliphatic heterocycles. The molecular weight excluding hydrogens is 406 g/mol. The summed E-state index contributed by atoms with van der Waals surface area (Å²) in [6, 6.07) is 0. The fraction of sp³-hybridized carbons (Fsp3) is 0.450. The minimum absolute atomic E-state index is 0.00207. The topological polar surface area (TPSA) is 102 Å². The zero-order chi connectivity index (χ0) is 21.6. The fourth-order valence-electron chi connectivity index (χ4n) is 3.73. The standard InChI is InChI=1S/C20H23N5O4S/c1-11-16-18(21-10-23(4)19(16)27)30-17(11)20(28)25-7-5-24(6-8-25)15(26)9-14-12(2)22-29-13(14)3/h10H,5-9H2,1-4H3. The third-order valence-corrected chi connectivity index (χ3v) is 6.82. The predicted octanol–water partition coefficient (Wildman–Crippen LogP) is 1.44. The molecule has 4 rings (SSSR count). The molecule has 0 bridgehead atoms. The third kappa shape index (κ3) is 3.41. The lowest BCUT2D eigenvalue weighted by molar-refractivity contribution is -0.131. The van der Waals surface area contributed by atoms with Crippen molar-refractivity contribution in [1.82, 2.24) is 24.5 Å². The second-order valence-electron chi connectivity index (χ2n) is 7.55. The molecule has 9 nitrogen and oxygen atoms in total. The number of amides is 2. The van der Waals surface area contributed by atoms with E-state index in [0.717, 1.165) is 11.3 Å². The van der Waals surface area contributed by atoms with Crippen molar-refractivity contribution in [2.75, 3.05) is 26.2 Å². The SMILES string of the molecule is Cc1noc(C)c1CC(=O)N1CCN(C(=O)c2sc3ncn(C)c(=O)c3c2C)CC1. The average Bonchev–Trinajstić information content (AvgIpc) is 3.24. The molecule has 1 aliphatic rings. The Morgan fingerprint density at radius 1 is 1.13 bits per heavy atom. The van der Waals surface area contributed by atoms with Crippen LogP contribution in [0.4, 0.5) is 0 Å². The first-order chi connectivity index (χ1) is 14.3. The van der Waals surface area contributed by atoms with Crippen LogP contribution in [0.5, 0.6) is 0 Å². The van der Waals surface area contributed by atoms with Crippen LogP contribution >= 0.6 is 11.3 Å². The molecule has 0 atom stereocenters. The highest BCUT2D eigenvalue weighted by Gasteiger charge is 2.28. The van der Waals surface area contributed by atoms with E-state index in [1.54, 1.807) is 30.7 Å². The molecule has 158 valence electrons. The van der Waals surface area contributed by atoms with Gasteiger partial charge in [0.1, 0.15) is 10.6 Å². The highest BCUT2D eigenvalue weighted by atomic mass is 32.1. The molecule has 10 heteroatoms. The zero-order valence-corrected chi connectivity index (χ0v) is 18.2. The van der Waals surface area contributed by atoms with Crippen LogP contribution in [-0.4, -0.2) is 62.5 Å². The number of rotatable bonds is 3. The van der Waals surface area contributed by atoms with Gasteiger partial charge in [-0.05, 0) is 26.3 Å². The smallest absolute Gasteiger partial charge is 0.264 e. The molecule has 30 heavy (non-hydrogen) atoms. The van der Waals surface area contributed by atoms with Crippen molar-refractivity contribution in [2.24, 2.45) is 7.05 Å². The molecule has 0 aliphatic carbocycles. The molecule has 1 saturated heterocycles. The third-order valence-electron chi connectivity index (χ3n) is 5.63. The summed E-state index contributed by atoms with van der Waals surface area (Å²) in [6.45, 7) is 7.25. The first-order valence-electron chi connectivity index (χ1n) is 9.71. The van der Waals surface area contributed by atoms with Crippen LogP contribution in [-0.2, 0) is 18.3 Å². The van der Waals surface area contributed by atoms with Gasteiger partial charge in [-0.2, -0.15) is 0 Å². The van der Waals surface area contributed by atoms with Gasteiger partial charge in [-0.25, -0.2) is 4.98 Å². The maximum absolute atomic E-state index is 13.1. The monoisotopic (exact) mass is 429 g/mol. The minimum Gasteiger partial charge on any atom is -0.361 e. The second-order valence-corrected chi connectivity index (χ2v) is 8.55. The quantitative estimate of drug-likeness (QED) is 0.624. The zero-order valence-electron chi connectivity index (χ0n) is 17.4. The Kier molecular flexibility index (Phi) is 5.19. The molecule has 3 aromatic heterocycles. The number of carbonyl (C=O) groups is 2. The van der Waals surface area contributed by atoms with Crippen LogP contribution in [0.25, 0.3) is 10.2 Å². The van der Waals surface area contributed by atoms with Gasteiger partial charge in [0.15, 0.2) is 0 Å². The largest absolute Gasteiger partial charge is 0.361 e. The van der Waals surface area contributed by atoms with Crippen molar-refractivity contribution in [3.05, 3.63) is 44.1 Å². The van der Waals surface area contributed by atoms with E-state index >= 15 is 0 Å². The van der Waals surface area contributed by atoms with E-state index < -0.39 is 0 Å². The Balaban J connectivity index is 1.45. The number of hydrogen-bond acceptors (Lipinski definition) is 7. The number of piperazine rings is 1. The molecule has 4 heterocycles. The summed E-state index contributed by atoms with van der Waals surface area (Å²) in [6.07, 6.45) is 1.72. The van der Waals surface area contributed by atoms with Gasteiger partial charge < -0.3 is 18.9 Å². The van der Waals surface area contributed by atoms with Crippen LogP contribution in [0, 0.1) is 20.8 Å². The van der Waals surface area contributed by atoms with E-state index in [9.17, 15) is 14.4 Å². The van der Waals surface area contributed by atoms with E-state index in [0.29, 0.717) is 52.6 Å². The van der Waals surface area contributed by atoms with Gasteiger partial charge >= 0.3 is 0 Å². The lowest BCUT2D eigenvalue weighted by atomic mass is 10.1. The van der Waals surface area contributed by atoms with Crippen molar-refractivity contribution >= 4 is 33.4 Å². The summed E-state index contributed by atoms with van der Waals surface area (Å²) in [7, 11) is 1.65. The number of carbonyl (C=O) groups excluding carboxylic acids is 2. The molecule has 0 N–H and O–H groups in total. The summed E-state index contributed by atoms with van der Waals surface area (Å²) in [5.74, 6) is 0.548. The first kappa shape index (κ1) is 20.3. The fourth-order valence-corrected chi connectivity index (χ4v) is 4.84. The molecule has 0 radical (unpaired) electrons. The maximum Gasteiger partial charge on any atom is 0.264 e. The first-order valence-corrected chi connectivity index (χ1v) is 10.5. The summed E-state index contributed by atoms with van der Waals surface area (Å²) < 4.78 is 6.55. The van der Waals surface area contributed by atoms with Gasteiger partial charge in [0.25, 0.3) is 11.5 Å². The van der Waals surface area contributed by atoms with Crippen molar-refractivity contribution in [1.29, 1.82) is 0 Å². The van der Waals surface area contributed by atoms with Crippen molar-refractivity contribution in [3.8, 4) is 0 Å². The number of nitrogens with zero attached hydrogens (tertiary/aromatic N) is 5. The van der Waals surface area contributed by atoms with E-state index in [-0.39, 0.29) is 23.8 Å². The Bertz CT molecular complexity index is 1180. The maximum atomic E-state index is 13.1. The Hall–Kier alpha value is -3.01. The summed E-state index contributed by atoms with van der Waals surface area (Å²) in [5.41, 5.74) is 2.08. The number of hydrogen-bond donors (Lipinski definition) is 0. The van der Waals surface area contributed by atoms with E-state index in [1.165, 1.54) is 22.2 Å². The van der Waals surface area contributed by atoms with E-state index in [1.807, 2.05) is 6.92 Å². The Labute approximate surface area is 176 Å². The highest BCUT2D eigenvalue weighted by molar-refractivity contribution is 7.20. The molecule has 0 unspecified atom stereocenters. The van der Waals surface area contributed by atoms with Gasteiger partial charge in [-0.15, -0.1) is 11.3 Å². The summed E-state index contributed by atoms with van der Waals surface area (Å²) in [5, 5.41) is 4.40. The van der Waals surface area contributed by atoms with Gasteiger partial charge in [0.05, 0.1) is 28.7 Å². The number of aromatic nitrogens is 3. The second kappa shape index (κ2) is 7.67. The lowest BCUT2D eigenvalue weighted by Crippen LogP contribution is -2.51. The molecule has 3 aromatic rings. The van der Waals surface area contributed by atoms with Crippen LogP contribution < -0.4 is 5.56 Å². The molecular formula is C20H23N5O4S. The van der Waals surface area contributed by atoms with Gasteiger partial charge in [-0.1, -0.05) is 5.16 Å². The molecule has 2 amide bonds. The van der Waals surface area contributed by atoms with E-state index in [2.05, 4.69) is 10.1 Å². The van der Waals surface area contributed by atoms with Gasteiger partial charge in [-0.3, -0.25) is 14.4 Å². The minimum atomic E-state index is -0.150. The number of thiophene rings is 1. The number of fused-ring (bicyclic) bond motifs is 1. The summed E-state index contributed by atoms with van der Waals surface area (Å²) >= 11 is 1.25. The molecule has 0 spiro atoms. The molecule has 0 aromatic carbocycles. The van der Waals surface area contributed by atoms with Crippen molar-refractivity contribution < 1.29 is 14.1 Å². The van der Waals surface area contributed by atoms with Gasteiger partial charge in [0, 0.05) is 38.8 Å². The normalized spacial score (nSPS) is 14.5. The Morgan fingerprint density at radius 2 is 1.80 bits per heavy atom. The van der Waals surface area contributed by atoms with E-state index in [4.69, 9.17) is 4.52 Å². The number of aryl methyl sites for hydroxylation is 4. The molecule has 1 fully saturated rings. The Morgan fingerprint density at radius 3 is 2.43 bits per heavy atom. The predicted molar refractivity (Wildman–Crippen MR) is 112 cm³/mol. The van der Waals surface area contributed by atoms with Crippen LogP contribution in [0.15, 0.2) is 15.6 Å².